The largest absolute Gasteiger partial charge is 0.489 e. The fraction of sp³-hybridized carbons (Fsp3) is 0.0426. The van der Waals surface area contributed by atoms with Crippen molar-refractivity contribution < 1.29 is 24.2 Å². The number of hydrogen-bond acceptors (Lipinski definition) is 7. The number of aliphatic imine (C=N–C) groups is 1. The normalized spacial score (nSPS) is 13.7. The third-order valence-corrected chi connectivity index (χ3v) is 10.4. The number of para-hydroxylation sites is 2. The molecule has 2 heterocycles. The number of amidine groups is 1. The van der Waals surface area contributed by atoms with Gasteiger partial charge in [0.15, 0.2) is 5.17 Å². The molecular weight excluding hydrogens is 733 g/mol. The van der Waals surface area contributed by atoms with Crippen molar-refractivity contribution >= 4 is 63.1 Å². The summed E-state index contributed by atoms with van der Waals surface area (Å²) in [7, 11) is 0. The number of carbonyl (C=O) groups is 3. The molecule has 1 aromatic heterocycles. The van der Waals surface area contributed by atoms with Crippen LogP contribution in [-0.4, -0.2) is 33.0 Å². The summed E-state index contributed by atoms with van der Waals surface area (Å²) in [6, 6.07) is 51.7. The van der Waals surface area contributed by atoms with Crippen LogP contribution in [-0.2, 0) is 16.2 Å². The maximum absolute atomic E-state index is 14.2. The van der Waals surface area contributed by atoms with E-state index in [2.05, 4.69) is 10.3 Å². The third-order valence-electron chi connectivity index (χ3n) is 9.23. The number of aromatic nitrogens is 1. The van der Waals surface area contributed by atoms with Crippen LogP contribution in [0.5, 0.6) is 5.75 Å². The van der Waals surface area contributed by atoms with Crippen LogP contribution in [0.1, 0.15) is 32.3 Å². The highest BCUT2D eigenvalue weighted by molar-refractivity contribution is 8.15. The van der Waals surface area contributed by atoms with Crippen LogP contribution in [0, 0.1) is 0 Å². The average molecular weight is 767 g/mol. The number of fused-ring (bicyclic) bond motifs is 1. The van der Waals surface area contributed by atoms with E-state index in [4.69, 9.17) is 9.73 Å². The molecule has 0 saturated carbocycles. The maximum atomic E-state index is 14.2. The van der Waals surface area contributed by atoms with E-state index in [1.165, 1.54) is 16.7 Å². The number of amides is 2. The Labute approximate surface area is 333 Å². The smallest absolute Gasteiger partial charge is 0.336 e. The van der Waals surface area contributed by atoms with Gasteiger partial charge in [0, 0.05) is 16.6 Å². The Bertz CT molecular complexity index is 2630. The Morgan fingerprint density at radius 3 is 2.12 bits per heavy atom. The second-order valence-corrected chi connectivity index (χ2v) is 14.2. The van der Waals surface area contributed by atoms with E-state index >= 15 is 0 Å². The molecule has 2 N–H and O–H groups in total. The Morgan fingerprint density at radius 1 is 0.772 bits per heavy atom. The van der Waals surface area contributed by atoms with Crippen molar-refractivity contribution in [3.05, 3.63) is 198 Å². The molecule has 8 rings (SSSR count). The van der Waals surface area contributed by atoms with Crippen LogP contribution >= 0.6 is 11.8 Å². The Morgan fingerprint density at radius 2 is 1.42 bits per heavy atom. The second kappa shape index (κ2) is 16.6. The molecule has 0 saturated heterocycles. The van der Waals surface area contributed by atoms with Gasteiger partial charge >= 0.3 is 5.97 Å². The summed E-state index contributed by atoms with van der Waals surface area (Å²) in [4.78, 5) is 51.4. The van der Waals surface area contributed by atoms with Crippen molar-refractivity contribution in [3.63, 3.8) is 0 Å². The number of benzene rings is 6. The highest BCUT2D eigenvalue weighted by Gasteiger charge is 2.36. The number of carbonyl (C=O) groups excluding carboxylic acids is 2. The number of anilines is 2. The van der Waals surface area contributed by atoms with Gasteiger partial charge in [-0.1, -0.05) is 133 Å². The molecule has 10 heteroatoms. The first kappa shape index (κ1) is 36.7. The average Bonchev–Trinajstić information content (AvgIpc) is 3.56. The lowest BCUT2D eigenvalue weighted by molar-refractivity contribution is -0.116. The number of aromatic carboxylic acids is 1. The van der Waals surface area contributed by atoms with Gasteiger partial charge in [0.25, 0.3) is 5.91 Å². The van der Waals surface area contributed by atoms with Gasteiger partial charge in [-0.05, 0) is 71.3 Å². The van der Waals surface area contributed by atoms with Gasteiger partial charge in [0.2, 0.25) is 5.91 Å². The maximum Gasteiger partial charge on any atom is 0.336 e. The predicted molar refractivity (Wildman–Crippen MR) is 226 cm³/mol. The molecule has 7 aromatic rings. The minimum Gasteiger partial charge on any atom is -0.489 e. The summed E-state index contributed by atoms with van der Waals surface area (Å²) >= 11 is 1.18. The number of carboxylic acid groups (broad SMARTS) is 1. The van der Waals surface area contributed by atoms with Crippen molar-refractivity contribution in [2.24, 2.45) is 4.99 Å². The monoisotopic (exact) mass is 766 g/mol. The summed E-state index contributed by atoms with van der Waals surface area (Å²) in [5.74, 6) is -0.968. The summed E-state index contributed by atoms with van der Waals surface area (Å²) in [6.45, 7) is 0.441. The van der Waals surface area contributed by atoms with Crippen LogP contribution in [0.3, 0.4) is 0 Å². The van der Waals surface area contributed by atoms with Gasteiger partial charge in [-0.15, -0.1) is 0 Å². The molecule has 1 aliphatic rings. The third kappa shape index (κ3) is 8.36. The lowest BCUT2D eigenvalue weighted by Gasteiger charge is -2.22. The van der Waals surface area contributed by atoms with E-state index in [-0.39, 0.29) is 23.1 Å². The number of nitrogens with one attached hydrogen (secondary N) is 1. The van der Waals surface area contributed by atoms with E-state index in [1.54, 1.807) is 54.6 Å². The van der Waals surface area contributed by atoms with Crippen LogP contribution in [0.15, 0.2) is 181 Å². The minimum atomic E-state index is -1.04. The fourth-order valence-corrected chi connectivity index (χ4v) is 7.49. The molecular formula is C47H34N4O5S. The first-order chi connectivity index (χ1) is 27.9. The minimum absolute atomic E-state index is 0.161. The molecule has 0 spiro atoms. The van der Waals surface area contributed by atoms with Crippen molar-refractivity contribution in [1.29, 1.82) is 0 Å². The van der Waals surface area contributed by atoms with E-state index in [0.29, 0.717) is 51.1 Å². The molecule has 0 bridgehead atoms. The number of pyridine rings is 1. The quantitative estimate of drug-likeness (QED) is 0.126. The van der Waals surface area contributed by atoms with Crippen molar-refractivity contribution in [1.82, 2.24) is 4.98 Å². The van der Waals surface area contributed by atoms with Gasteiger partial charge in [-0.2, -0.15) is 0 Å². The van der Waals surface area contributed by atoms with Gasteiger partial charge in [-0.3, -0.25) is 14.5 Å². The molecule has 0 aliphatic carbocycles. The lowest BCUT2D eigenvalue weighted by atomic mass is 10.0. The predicted octanol–water partition coefficient (Wildman–Crippen LogP) is 10.0. The van der Waals surface area contributed by atoms with Gasteiger partial charge < -0.3 is 15.2 Å². The number of ether oxygens (including phenoxy) is 1. The van der Waals surface area contributed by atoms with E-state index in [1.807, 2.05) is 121 Å². The van der Waals surface area contributed by atoms with E-state index < -0.39 is 11.2 Å². The van der Waals surface area contributed by atoms with Crippen LogP contribution in [0.2, 0.25) is 0 Å². The molecule has 9 nitrogen and oxygen atoms in total. The molecule has 278 valence electrons. The molecule has 2 amide bonds. The topological polar surface area (TPSA) is 121 Å². The second-order valence-electron chi connectivity index (χ2n) is 13.1. The zero-order valence-corrected chi connectivity index (χ0v) is 31.2. The first-order valence-electron chi connectivity index (χ1n) is 18.1. The lowest BCUT2D eigenvalue weighted by Crippen LogP contribution is -2.32. The summed E-state index contributed by atoms with van der Waals surface area (Å²) in [5, 5.41) is 13.0. The molecule has 1 aliphatic heterocycles. The Hall–Kier alpha value is -7.30. The number of carboxylic acids is 1. The summed E-state index contributed by atoms with van der Waals surface area (Å²) < 4.78 is 5.95. The molecule has 0 radical (unpaired) electrons. The first-order valence-corrected chi connectivity index (χ1v) is 19.0. The molecule has 0 fully saturated rings. The van der Waals surface area contributed by atoms with Crippen LogP contribution in [0.25, 0.3) is 28.2 Å². The zero-order valence-electron chi connectivity index (χ0n) is 30.4. The molecule has 6 aromatic carbocycles. The van der Waals surface area contributed by atoms with Crippen LogP contribution < -0.4 is 15.0 Å². The number of hydrogen-bond donors (Lipinski definition) is 2. The summed E-state index contributed by atoms with van der Waals surface area (Å²) in [5.41, 5.74) is 5.88. The van der Waals surface area contributed by atoms with Gasteiger partial charge in [0.05, 0.1) is 22.5 Å². The fourth-order valence-electron chi connectivity index (χ4n) is 6.38. The van der Waals surface area contributed by atoms with E-state index in [0.717, 1.165) is 16.7 Å². The van der Waals surface area contributed by atoms with Gasteiger partial charge in [-0.25, -0.2) is 14.8 Å². The molecule has 1 atom stereocenters. The van der Waals surface area contributed by atoms with Gasteiger partial charge in [0.1, 0.15) is 23.3 Å². The molecule has 1 unspecified atom stereocenters. The Kier molecular flexibility index (Phi) is 10.7. The Balaban J connectivity index is 1.05. The number of rotatable bonds is 11. The zero-order chi connectivity index (χ0) is 39.1. The summed E-state index contributed by atoms with van der Waals surface area (Å²) in [6.07, 6.45) is 1.73. The van der Waals surface area contributed by atoms with Crippen molar-refractivity contribution in [2.45, 2.75) is 11.9 Å². The number of thioether (sulfide) groups is 1. The van der Waals surface area contributed by atoms with Crippen LogP contribution in [0.4, 0.5) is 11.4 Å². The van der Waals surface area contributed by atoms with Crippen molar-refractivity contribution in [2.75, 3.05) is 10.2 Å². The standard InChI is InChI=1S/C47H34N4O5S/c52-44(48-35-24-22-33(23-25-35)41-29-39(46(54)55)38-18-10-11-19-40(38)49-41)43(34-14-6-2-7-15-34)57-47-50-42(45(53)51(47)36-16-8-3-9-17-36)28-31-20-26-37(27-21-31)56-30-32-12-4-1-5-13-32/h1-29,43H,30H2,(H,48,52)(H,54,55)/b42-28-. The van der Waals surface area contributed by atoms with E-state index in [9.17, 15) is 19.5 Å². The highest BCUT2D eigenvalue weighted by Crippen LogP contribution is 2.38. The van der Waals surface area contributed by atoms with Crippen molar-refractivity contribution in [3.8, 4) is 17.0 Å². The SMILES string of the molecule is O=C(O)c1cc(-c2ccc(NC(=O)C(SC3=N/C(=C\c4ccc(OCc5ccccc5)cc4)C(=O)N3c3ccccc3)c3ccccc3)cc2)nc2ccccc12. The molecule has 57 heavy (non-hydrogen) atoms. The highest BCUT2D eigenvalue weighted by atomic mass is 32.2. The number of nitrogens with zero attached hydrogens (tertiary/aromatic N) is 3.